The summed E-state index contributed by atoms with van der Waals surface area (Å²) >= 11 is 6.51. The van der Waals surface area contributed by atoms with Gasteiger partial charge in [-0.2, -0.15) is 0 Å². The Bertz CT molecular complexity index is 284. The first-order valence-corrected chi connectivity index (χ1v) is 6.20. The van der Waals surface area contributed by atoms with Crippen LogP contribution in [0.15, 0.2) is 0 Å². The molecule has 0 aromatic carbocycles. The Balaban J connectivity index is 2.07. The number of nitrogens with one attached hydrogen (secondary N) is 1. The minimum absolute atomic E-state index is 0.0452. The average Bonchev–Trinajstić information content (AvgIpc) is 2.60. The van der Waals surface area contributed by atoms with Gasteiger partial charge in [0.15, 0.2) is 0 Å². The van der Waals surface area contributed by atoms with Gasteiger partial charge in [0, 0.05) is 5.54 Å². The standard InChI is InChI=1S/C12H20ClNO/c1-11(2,3)14-10(15)12(13)7-8-4-5-9(12)6-8/h8-9H,4-7H2,1-3H3,(H,14,15)/t8-,9-,12+/m0/s1. The lowest BCUT2D eigenvalue weighted by atomic mass is 9.86. The van der Waals surface area contributed by atoms with E-state index in [4.69, 9.17) is 11.6 Å². The Kier molecular flexibility index (Phi) is 2.53. The number of carbonyl (C=O) groups excluding carboxylic acids is 1. The number of amides is 1. The minimum Gasteiger partial charge on any atom is -0.350 e. The van der Waals surface area contributed by atoms with Crippen LogP contribution in [0.5, 0.6) is 0 Å². The van der Waals surface area contributed by atoms with Crippen LogP contribution < -0.4 is 5.32 Å². The highest BCUT2D eigenvalue weighted by Crippen LogP contribution is 2.54. The molecule has 0 radical (unpaired) electrons. The fraction of sp³-hybridized carbons (Fsp3) is 0.917. The third-order valence-electron chi connectivity index (χ3n) is 3.64. The van der Waals surface area contributed by atoms with Crippen molar-refractivity contribution in [3.8, 4) is 0 Å². The highest BCUT2D eigenvalue weighted by Gasteiger charge is 2.54. The zero-order valence-electron chi connectivity index (χ0n) is 9.77. The number of hydrogen-bond donors (Lipinski definition) is 1. The molecule has 0 aliphatic heterocycles. The lowest BCUT2D eigenvalue weighted by Crippen LogP contribution is -2.52. The molecule has 1 N–H and O–H groups in total. The SMILES string of the molecule is CC(C)(C)NC(=O)[C@@]1(Cl)C[C@H]2CC[C@H]1C2. The van der Waals surface area contributed by atoms with Gasteiger partial charge in [-0.25, -0.2) is 0 Å². The molecular formula is C12H20ClNO. The molecule has 0 spiro atoms. The second-order valence-corrected chi connectivity index (χ2v) is 6.82. The minimum atomic E-state index is -0.601. The fourth-order valence-corrected chi connectivity index (χ4v) is 3.45. The van der Waals surface area contributed by atoms with E-state index < -0.39 is 4.87 Å². The van der Waals surface area contributed by atoms with Crippen molar-refractivity contribution in [2.45, 2.75) is 56.9 Å². The van der Waals surface area contributed by atoms with E-state index >= 15 is 0 Å². The summed E-state index contributed by atoms with van der Waals surface area (Å²) in [7, 11) is 0. The number of rotatable bonds is 1. The van der Waals surface area contributed by atoms with Gasteiger partial charge >= 0.3 is 0 Å². The van der Waals surface area contributed by atoms with Crippen LogP contribution >= 0.6 is 11.6 Å². The van der Waals surface area contributed by atoms with Crippen LogP contribution in [0.3, 0.4) is 0 Å². The van der Waals surface area contributed by atoms with Gasteiger partial charge in [-0.05, 0) is 51.9 Å². The molecule has 1 amide bonds. The molecular weight excluding hydrogens is 210 g/mol. The van der Waals surface area contributed by atoms with Crippen LogP contribution in [-0.4, -0.2) is 16.3 Å². The van der Waals surface area contributed by atoms with Gasteiger partial charge in [0.25, 0.3) is 0 Å². The van der Waals surface area contributed by atoms with E-state index in [1.807, 2.05) is 20.8 Å². The smallest absolute Gasteiger partial charge is 0.241 e. The molecule has 86 valence electrons. The molecule has 0 saturated heterocycles. The van der Waals surface area contributed by atoms with E-state index in [9.17, 15) is 4.79 Å². The van der Waals surface area contributed by atoms with Gasteiger partial charge in [-0.1, -0.05) is 6.42 Å². The molecule has 3 atom stereocenters. The average molecular weight is 230 g/mol. The molecule has 0 unspecified atom stereocenters. The third kappa shape index (κ3) is 2.01. The predicted molar refractivity (Wildman–Crippen MR) is 61.9 cm³/mol. The molecule has 3 heteroatoms. The number of hydrogen-bond acceptors (Lipinski definition) is 1. The third-order valence-corrected chi connectivity index (χ3v) is 4.27. The van der Waals surface area contributed by atoms with Crippen LogP contribution in [0.2, 0.25) is 0 Å². The molecule has 0 aromatic heterocycles. The molecule has 2 aliphatic rings. The maximum Gasteiger partial charge on any atom is 0.241 e. The van der Waals surface area contributed by atoms with Gasteiger partial charge < -0.3 is 5.32 Å². The van der Waals surface area contributed by atoms with Gasteiger partial charge in [-0.15, -0.1) is 11.6 Å². The van der Waals surface area contributed by atoms with Crippen molar-refractivity contribution in [3.63, 3.8) is 0 Å². The van der Waals surface area contributed by atoms with E-state index in [1.54, 1.807) is 0 Å². The van der Waals surface area contributed by atoms with Crippen molar-refractivity contribution in [2.24, 2.45) is 11.8 Å². The summed E-state index contributed by atoms with van der Waals surface area (Å²) in [4.78, 5) is 11.5. The first-order chi connectivity index (χ1) is 6.81. The van der Waals surface area contributed by atoms with Gasteiger partial charge in [-0.3, -0.25) is 4.79 Å². The van der Waals surface area contributed by atoms with E-state index in [0.717, 1.165) is 19.3 Å². The largest absolute Gasteiger partial charge is 0.350 e. The monoisotopic (exact) mass is 229 g/mol. The maximum absolute atomic E-state index is 12.1. The highest BCUT2D eigenvalue weighted by atomic mass is 35.5. The molecule has 2 rings (SSSR count). The topological polar surface area (TPSA) is 29.1 Å². The Morgan fingerprint density at radius 3 is 2.47 bits per heavy atom. The molecule has 15 heavy (non-hydrogen) atoms. The second kappa shape index (κ2) is 3.38. The van der Waals surface area contributed by atoms with Crippen LogP contribution in [0.25, 0.3) is 0 Å². The summed E-state index contributed by atoms with van der Waals surface area (Å²) in [6, 6.07) is 0. The number of fused-ring (bicyclic) bond motifs is 2. The Hall–Kier alpha value is -0.240. The molecule has 2 fully saturated rings. The summed E-state index contributed by atoms with van der Waals surface area (Å²) in [5, 5.41) is 3.02. The van der Waals surface area contributed by atoms with E-state index in [0.29, 0.717) is 11.8 Å². The van der Waals surface area contributed by atoms with Crippen LogP contribution in [0.1, 0.15) is 46.5 Å². The molecule has 0 heterocycles. The second-order valence-electron chi connectivity index (χ2n) is 6.15. The lowest BCUT2D eigenvalue weighted by Gasteiger charge is -2.33. The zero-order valence-corrected chi connectivity index (χ0v) is 10.5. The van der Waals surface area contributed by atoms with Crippen molar-refractivity contribution in [1.29, 1.82) is 0 Å². The molecule has 2 nitrogen and oxygen atoms in total. The summed E-state index contributed by atoms with van der Waals surface area (Å²) in [5.41, 5.74) is -0.180. The molecule has 2 aliphatic carbocycles. The van der Waals surface area contributed by atoms with Gasteiger partial charge in [0.1, 0.15) is 4.87 Å². The summed E-state index contributed by atoms with van der Waals surface area (Å²) < 4.78 is 0. The van der Waals surface area contributed by atoms with Crippen LogP contribution in [-0.2, 0) is 4.79 Å². The van der Waals surface area contributed by atoms with Crippen molar-refractivity contribution < 1.29 is 4.79 Å². The Morgan fingerprint density at radius 2 is 2.07 bits per heavy atom. The number of halogens is 1. The van der Waals surface area contributed by atoms with Crippen molar-refractivity contribution >= 4 is 17.5 Å². The van der Waals surface area contributed by atoms with Crippen LogP contribution in [0.4, 0.5) is 0 Å². The van der Waals surface area contributed by atoms with Crippen molar-refractivity contribution in [3.05, 3.63) is 0 Å². The van der Waals surface area contributed by atoms with E-state index in [1.165, 1.54) is 6.42 Å². The molecule has 2 bridgehead atoms. The summed E-state index contributed by atoms with van der Waals surface area (Å²) in [6.45, 7) is 6.00. The van der Waals surface area contributed by atoms with E-state index in [-0.39, 0.29) is 11.4 Å². The zero-order chi connectivity index (χ0) is 11.3. The lowest BCUT2D eigenvalue weighted by molar-refractivity contribution is -0.126. The van der Waals surface area contributed by atoms with Crippen LogP contribution in [0, 0.1) is 11.8 Å². The predicted octanol–water partition coefficient (Wildman–Crippen LogP) is 2.70. The number of alkyl halides is 1. The Morgan fingerprint density at radius 1 is 1.40 bits per heavy atom. The maximum atomic E-state index is 12.1. The Labute approximate surface area is 96.8 Å². The fourth-order valence-electron chi connectivity index (χ4n) is 2.99. The van der Waals surface area contributed by atoms with Gasteiger partial charge in [0.05, 0.1) is 0 Å². The summed E-state index contributed by atoms with van der Waals surface area (Å²) in [5.74, 6) is 1.15. The van der Waals surface area contributed by atoms with E-state index in [2.05, 4.69) is 5.32 Å². The molecule has 0 aromatic rings. The number of carbonyl (C=O) groups is 1. The first-order valence-electron chi connectivity index (χ1n) is 5.83. The van der Waals surface area contributed by atoms with Crippen molar-refractivity contribution in [1.82, 2.24) is 5.32 Å². The first kappa shape index (κ1) is 11.3. The highest BCUT2D eigenvalue weighted by molar-refractivity contribution is 6.35. The summed E-state index contributed by atoms with van der Waals surface area (Å²) in [6.07, 6.45) is 4.43. The normalized spacial score (nSPS) is 39.5. The quantitative estimate of drug-likeness (QED) is 0.689. The van der Waals surface area contributed by atoms with Crippen molar-refractivity contribution in [2.75, 3.05) is 0 Å². The molecule has 2 saturated carbocycles. The van der Waals surface area contributed by atoms with Gasteiger partial charge in [0.2, 0.25) is 5.91 Å².